The molecule has 142 valence electrons. The van der Waals surface area contributed by atoms with E-state index in [9.17, 15) is 4.79 Å². The van der Waals surface area contributed by atoms with Gasteiger partial charge in [-0.2, -0.15) is 0 Å². The lowest BCUT2D eigenvalue weighted by atomic mass is 9.85. The number of carbonyl (C=O) groups is 1. The van der Waals surface area contributed by atoms with E-state index >= 15 is 0 Å². The van der Waals surface area contributed by atoms with Crippen molar-refractivity contribution in [3.8, 4) is 5.75 Å². The third-order valence-electron chi connectivity index (χ3n) is 4.86. The normalized spacial score (nSPS) is 19.5. The van der Waals surface area contributed by atoms with Gasteiger partial charge in [-0.1, -0.05) is 30.7 Å². The number of hydrogen-bond donors (Lipinski definition) is 1. The van der Waals surface area contributed by atoms with Crippen molar-refractivity contribution in [1.29, 1.82) is 0 Å². The first-order valence-corrected chi connectivity index (χ1v) is 9.74. The number of benzene rings is 1. The summed E-state index contributed by atoms with van der Waals surface area (Å²) in [6.45, 7) is 1.20. The van der Waals surface area contributed by atoms with Gasteiger partial charge in [-0.15, -0.1) is 23.7 Å². The monoisotopic (exact) mass is 394 g/mol. The molecule has 2 atom stereocenters. The zero-order valence-electron chi connectivity index (χ0n) is 15.1. The molecule has 2 aromatic rings. The lowest BCUT2D eigenvalue weighted by Gasteiger charge is -2.31. The zero-order chi connectivity index (χ0) is 17.6. The van der Waals surface area contributed by atoms with Crippen molar-refractivity contribution in [1.82, 2.24) is 4.90 Å². The van der Waals surface area contributed by atoms with Crippen molar-refractivity contribution in [2.24, 2.45) is 11.7 Å². The Bertz CT molecular complexity index is 693. The molecular formula is C20H27ClN2O2S. The van der Waals surface area contributed by atoms with Crippen LogP contribution in [-0.2, 0) is 17.9 Å². The summed E-state index contributed by atoms with van der Waals surface area (Å²) in [5.41, 5.74) is 7.15. The highest BCUT2D eigenvalue weighted by Crippen LogP contribution is 2.28. The Morgan fingerprint density at radius 1 is 1.23 bits per heavy atom. The molecule has 4 nitrogen and oxygen atoms in total. The Morgan fingerprint density at radius 2 is 2.04 bits per heavy atom. The Kier molecular flexibility index (Phi) is 7.94. The minimum absolute atomic E-state index is 0. The van der Waals surface area contributed by atoms with Crippen LogP contribution in [-0.4, -0.2) is 24.0 Å². The van der Waals surface area contributed by atoms with Crippen molar-refractivity contribution in [3.05, 3.63) is 52.2 Å². The van der Waals surface area contributed by atoms with Crippen LogP contribution in [0.1, 0.15) is 36.1 Å². The van der Waals surface area contributed by atoms with Gasteiger partial charge in [-0.25, -0.2) is 0 Å². The molecule has 0 aliphatic heterocycles. The number of nitrogens with two attached hydrogens (primary N) is 1. The van der Waals surface area contributed by atoms with Crippen molar-refractivity contribution >= 4 is 29.7 Å². The van der Waals surface area contributed by atoms with Gasteiger partial charge in [0.1, 0.15) is 5.75 Å². The topological polar surface area (TPSA) is 55.6 Å². The highest BCUT2D eigenvalue weighted by Gasteiger charge is 2.29. The smallest absolute Gasteiger partial charge is 0.226 e. The fourth-order valence-electron chi connectivity index (χ4n) is 3.55. The summed E-state index contributed by atoms with van der Waals surface area (Å²) in [5.74, 6) is 1.08. The maximum absolute atomic E-state index is 13.2. The standard InChI is InChI=1S/C20H26N2O2S.ClH/c1-24-19-10-3-2-6-16(19)13-22(14-18-9-5-11-25-18)20(23)15-7-4-8-17(21)12-15;/h2-3,5-6,9-11,15,17H,4,7-8,12-14,21H2,1H3;1H. The van der Waals surface area contributed by atoms with Crippen LogP contribution >= 0.6 is 23.7 Å². The molecule has 1 heterocycles. The average Bonchev–Trinajstić information content (AvgIpc) is 3.14. The number of methoxy groups -OCH3 is 1. The number of rotatable bonds is 6. The van der Waals surface area contributed by atoms with Crippen LogP contribution in [0.25, 0.3) is 0 Å². The summed E-state index contributed by atoms with van der Waals surface area (Å²) in [7, 11) is 1.67. The number of thiophene rings is 1. The quantitative estimate of drug-likeness (QED) is 0.797. The van der Waals surface area contributed by atoms with E-state index in [4.69, 9.17) is 10.5 Å². The molecule has 0 radical (unpaired) electrons. The molecule has 1 aliphatic carbocycles. The Morgan fingerprint density at radius 3 is 2.73 bits per heavy atom. The van der Waals surface area contributed by atoms with Crippen LogP contribution in [0.5, 0.6) is 5.75 Å². The molecule has 1 aromatic carbocycles. The van der Waals surface area contributed by atoms with E-state index in [1.807, 2.05) is 35.2 Å². The first-order valence-electron chi connectivity index (χ1n) is 8.86. The van der Waals surface area contributed by atoms with Crippen LogP contribution in [0.2, 0.25) is 0 Å². The van der Waals surface area contributed by atoms with Crippen LogP contribution < -0.4 is 10.5 Å². The first kappa shape index (κ1) is 20.7. The summed E-state index contributed by atoms with van der Waals surface area (Å²) in [6.07, 6.45) is 3.81. The van der Waals surface area contributed by atoms with Crippen LogP contribution in [0.15, 0.2) is 41.8 Å². The highest BCUT2D eigenvalue weighted by molar-refractivity contribution is 7.09. The molecule has 1 aliphatic rings. The molecule has 1 aromatic heterocycles. The SMILES string of the molecule is COc1ccccc1CN(Cc1cccs1)C(=O)C1CCCC(N)C1.Cl. The number of amides is 1. The highest BCUT2D eigenvalue weighted by atomic mass is 35.5. The van der Waals surface area contributed by atoms with Gasteiger partial charge in [0, 0.05) is 28.9 Å². The van der Waals surface area contributed by atoms with Crippen molar-refractivity contribution in [2.75, 3.05) is 7.11 Å². The molecule has 1 amide bonds. The van der Waals surface area contributed by atoms with E-state index in [1.54, 1.807) is 18.4 Å². The van der Waals surface area contributed by atoms with Crippen LogP contribution in [0, 0.1) is 5.92 Å². The lowest BCUT2D eigenvalue weighted by molar-refractivity contribution is -0.138. The van der Waals surface area contributed by atoms with E-state index in [0.717, 1.165) is 37.0 Å². The Hall–Kier alpha value is -1.56. The fraction of sp³-hybridized carbons (Fsp3) is 0.450. The number of carbonyl (C=O) groups excluding carboxylic acids is 1. The second kappa shape index (κ2) is 9.95. The van der Waals surface area contributed by atoms with Crippen LogP contribution in [0.4, 0.5) is 0 Å². The molecule has 2 unspecified atom stereocenters. The van der Waals surface area contributed by atoms with Crippen LogP contribution in [0.3, 0.4) is 0 Å². The summed E-state index contributed by atoms with van der Waals surface area (Å²) in [4.78, 5) is 16.4. The minimum atomic E-state index is 0. The summed E-state index contributed by atoms with van der Waals surface area (Å²) >= 11 is 1.69. The zero-order valence-corrected chi connectivity index (χ0v) is 16.7. The number of para-hydroxylation sites is 1. The molecule has 2 N–H and O–H groups in total. The van der Waals surface area contributed by atoms with E-state index in [0.29, 0.717) is 13.1 Å². The molecular weight excluding hydrogens is 368 g/mol. The molecule has 1 fully saturated rings. The predicted molar refractivity (Wildman–Crippen MR) is 109 cm³/mol. The fourth-order valence-corrected chi connectivity index (χ4v) is 4.27. The molecule has 6 heteroatoms. The van der Waals surface area contributed by atoms with Gasteiger partial charge in [0.05, 0.1) is 13.7 Å². The van der Waals surface area contributed by atoms with Gasteiger partial charge >= 0.3 is 0 Å². The average molecular weight is 395 g/mol. The number of hydrogen-bond acceptors (Lipinski definition) is 4. The van der Waals surface area contributed by atoms with Crippen molar-refractivity contribution in [3.63, 3.8) is 0 Å². The predicted octanol–water partition coefficient (Wildman–Crippen LogP) is 4.22. The van der Waals surface area contributed by atoms with E-state index in [1.165, 1.54) is 4.88 Å². The largest absolute Gasteiger partial charge is 0.496 e. The number of halogens is 1. The third-order valence-corrected chi connectivity index (χ3v) is 5.72. The van der Waals surface area contributed by atoms with Gasteiger partial charge in [0.25, 0.3) is 0 Å². The Labute approximate surface area is 165 Å². The molecule has 26 heavy (non-hydrogen) atoms. The summed E-state index contributed by atoms with van der Waals surface area (Å²) in [6, 6.07) is 12.2. The second-order valence-corrected chi connectivity index (χ2v) is 7.74. The van der Waals surface area contributed by atoms with Gasteiger partial charge in [-0.05, 0) is 36.8 Å². The van der Waals surface area contributed by atoms with E-state index < -0.39 is 0 Å². The summed E-state index contributed by atoms with van der Waals surface area (Å²) in [5, 5.41) is 2.05. The molecule has 3 rings (SSSR count). The maximum Gasteiger partial charge on any atom is 0.226 e. The van der Waals surface area contributed by atoms with Crippen molar-refractivity contribution < 1.29 is 9.53 Å². The number of ether oxygens (including phenoxy) is 1. The van der Waals surface area contributed by atoms with Crippen molar-refractivity contribution in [2.45, 2.75) is 44.8 Å². The lowest BCUT2D eigenvalue weighted by Crippen LogP contribution is -2.40. The van der Waals surface area contributed by atoms with Gasteiger partial charge < -0.3 is 15.4 Å². The molecule has 1 saturated carbocycles. The second-order valence-electron chi connectivity index (χ2n) is 6.71. The molecule has 0 spiro atoms. The van der Waals surface area contributed by atoms with Gasteiger partial charge in [-0.3, -0.25) is 4.79 Å². The maximum atomic E-state index is 13.2. The first-order chi connectivity index (χ1) is 12.2. The third kappa shape index (κ3) is 5.22. The van der Waals surface area contributed by atoms with E-state index in [-0.39, 0.29) is 30.3 Å². The minimum Gasteiger partial charge on any atom is -0.496 e. The Balaban J connectivity index is 0.00000243. The molecule has 0 saturated heterocycles. The van der Waals surface area contributed by atoms with E-state index in [2.05, 4.69) is 11.4 Å². The van der Waals surface area contributed by atoms with Gasteiger partial charge in [0.15, 0.2) is 0 Å². The van der Waals surface area contributed by atoms with Gasteiger partial charge in [0.2, 0.25) is 5.91 Å². The number of nitrogens with zero attached hydrogens (tertiary/aromatic N) is 1. The molecule has 0 bridgehead atoms. The summed E-state index contributed by atoms with van der Waals surface area (Å²) < 4.78 is 5.47.